The summed E-state index contributed by atoms with van der Waals surface area (Å²) in [4.78, 5) is 18.0. The summed E-state index contributed by atoms with van der Waals surface area (Å²) in [6, 6.07) is 11.4. The molecule has 7 heteroatoms. The average molecular weight is 351 g/mol. The molecule has 0 aliphatic heterocycles. The highest BCUT2D eigenvalue weighted by molar-refractivity contribution is 5.77. The molecule has 4 rings (SSSR count). The van der Waals surface area contributed by atoms with Crippen LogP contribution in [0.5, 0.6) is 0 Å². The SMILES string of the molecule is O=C(Cn1nc2ccccc2n1)N[C@@H](Cc1ccncc1)C1CC(O)C1. The Morgan fingerprint density at radius 3 is 2.42 bits per heavy atom. The summed E-state index contributed by atoms with van der Waals surface area (Å²) >= 11 is 0. The van der Waals surface area contributed by atoms with Crippen molar-refractivity contribution in [2.75, 3.05) is 0 Å². The van der Waals surface area contributed by atoms with Crippen LogP contribution in [0.4, 0.5) is 0 Å². The number of hydrogen-bond acceptors (Lipinski definition) is 5. The zero-order valence-electron chi connectivity index (χ0n) is 14.3. The van der Waals surface area contributed by atoms with E-state index in [0.29, 0.717) is 0 Å². The Morgan fingerprint density at radius 1 is 1.15 bits per heavy atom. The van der Waals surface area contributed by atoms with E-state index < -0.39 is 0 Å². The van der Waals surface area contributed by atoms with E-state index in [0.717, 1.165) is 35.9 Å². The number of rotatable bonds is 6. The first kappa shape index (κ1) is 16.7. The fourth-order valence-corrected chi connectivity index (χ4v) is 3.42. The molecule has 0 spiro atoms. The summed E-state index contributed by atoms with van der Waals surface area (Å²) in [7, 11) is 0. The van der Waals surface area contributed by atoms with E-state index in [4.69, 9.17) is 0 Å². The normalized spacial score (nSPS) is 20.5. The topological polar surface area (TPSA) is 92.9 Å². The van der Waals surface area contributed by atoms with E-state index in [1.165, 1.54) is 4.80 Å². The lowest BCUT2D eigenvalue weighted by Gasteiger charge is -2.38. The summed E-state index contributed by atoms with van der Waals surface area (Å²) in [5.41, 5.74) is 2.67. The van der Waals surface area contributed by atoms with Gasteiger partial charge in [0, 0.05) is 18.4 Å². The lowest BCUT2D eigenvalue weighted by Crippen LogP contribution is -2.49. The van der Waals surface area contributed by atoms with E-state index in [2.05, 4.69) is 20.5 Å². The maximum atomic E-state index is 12.5. The Hall–Kier alpha value is -2.80. The fourth-order valence-electron chi connectivity index (χ4n) is 3.42. The van der Waals surface area contributed by atoms with Crippen molar-refractivity contribution in [3.63, 3.8) is 0 Å². The standard InChI is InChI=1S/C19H21N5O2/c25-15-10-14(11-15)18(9-13-5-7-20-8-6-13)21-19(26)12-24-22-16-3-1-2-4-17(16)23-24/h1-8,14-15,18,25H,9-12H2,(H,21,26)/t14?,15?,18-/m0/s1. The number of aliphatic hydroxyl groups excluding tert-OH is 1. The lowest BCUT2D eigenvalue weighted by atomic mass is 9.75. The summed E-state index contributed by atoms with van der Waals surface area (Å²) in [5, 5.41) is 21.4. The van der Waals surface area contributed by atoms with Crippen molar-refractivity contribution in [2.24, 2.45) is 5.92 Å². The van der Waals surface area contributed by atoms with Gasteiger partial charge in [0.2, 0.25) is 5.91 Å². The fraction of sp³-hybridized carbons (Fsp3) is 0.368. The molecule has 0 bridgehead atoms. The maximum Gasteiger partial charge on any atom is 0.243 e. The van der Waals surface area contributed by atoms with Crippen LogP contribution < -0.4 is 5.32 Å². The molecule has 3 aromatic rings. The van der Waals surface area contributed by atoms with Crippen LogP contribution in [-0.4, -0.2) is 43.1 Å². The number of fused-ring (bicyclic) bond motifs is 1. The number of hydrogen-bond donors (Lipinski definition) is 2. The van der Waals surface area contributed by atoms with Crippen molar-refractivity contribution in [2.45, 2.75) is 38.0 Å². The van der Waals surface area contributed by atoms with E-state index >= 15 is 0 Å². The number of carbonyl (C=O) groups excluding carboxylic acids is 1. The molecular formula is C19H21N5O2. The van der Waals surface area contributed by atoms with E-state index in [9.17, 15) is 9.90 Å². The highest BCUT2D eigenvalue weighted by Gasteiger charge is 2.34. The van der Waals surface area contributed by atoms with Gasteiger partial charge in [-0.15, -0.1) is 0 Å². The van der Waals surface area contributed by atoms with Gasteiger partial charge in [0.1, 0.15) is 17.6 Å². The van der Waals surface area contributed by atoms with Gasteiger partial charge < -0.3 is 10.4 Å². The van der Waals surface area contributed by atoms with E-state index in [-0.39, 0.29) is 30.5 Å². The lowest BCUT2D eigenvalue weighted by molar-refractivity contribution is -0.123. The van der Waals surface area contributed by atoms with Gasteiger partial charge in [0.05, 0.1) is 6.10 Å². The Balaban J connectivity index is 1.43. The third-order valence-electron chi connectivity index (χ3n) is 4.88. The number of carbonyl (C=O) groups is 1. The monoisotopic (exact) mass is 351 g/mol. The summed E-state index contributed by atoms with van der Waals surface area (Å²) in [6.07, 6.45) is 5.42. The third-order valence-corrected chi connectivity index (χ3v) is 4.88. The minimum atomic E-state index is -0.255. The van der Waals surface area contributed by atoms with Crippen molar-refractivity contribution in [3.8, 4) is 0 Å². The van der Waals surface area contributed by atoms with Gasteiger partial charge in [0.25, 0.3) is 0 Å². The quantitative estimate of drug-likeness (QED) is 0.699. The van der Waals surface area contributed by atoms with Crippen LogP contribution in [0, 0.1) is 5.92 Å². The molecule has 1 amide bonds. The van der Waals surface area contributed by atoms with Crippen LogP contribution >= 0.6 is 0 Å². The minimum absolute atomic E-state index is 0.0155. The molecule has 1 saturated carbocycles. The predicted octanol–water partition coefficient (Wildman–Crippen LogP) is 1.32. The molecule has 0 saturated heterocycles. The van der Waals surface area contributed by atoms with Crippen molar-refractivity contribution in [3.05, 3.63) is 54.4 Å². The number of aliphatic hydroxyl groups is 1. The molecule has 7 nitrogen and oxygen atoms in total. The van der Waals surface area contributed by atoms with Crippen LogP contribution in [0.1, 0.15) is 18.4 Å². The molecule has 1 aliphatic carbocycles. The van der Waals surface area contributed by atoms with E-state index in [1.807, 2.05) is 36.4 Å². The molecule has 2 N–H and O–H groups in total. The Bertz CT molecular complexity index is 856. The Labute approximate surface area is 151 Å². The smallest absolute Gasteiger partial charge is 0.243 e. The Morgan fingerprint density at radius 2 is 1.81 bits per heavy atom. The number of pyridine rings is 1. The molecule has 1 atom stereocenters. The van der Waals surface area contributed by atoms with Gasteiger partial charge in [-0.05, 0) is 55.0 Å². The number of aromatic nitrogens is 4. The van der Waals surface area contributed by atoms with Gasteiger partial charge in [-0.3, -0.25) is 9.78 Å². The van der Waals surface area contributed by atoms with Crippen LogP contribution in [0.15, 0.2) is 48.8 Å². The van der Waals surface area contributed by atoms with Crippen molar-refractivity contribution in [1.82, 2.24) is 25.3 Å². The number of benzene rings is 1. The summed E-state index contributed by atoms with van der Waals surface area (Å²) in [6.45, 7) is 0.0802. The maximum absolute atomic E-state index is 12.5. The molecule has 26 heavy (non-hydrogen) atoms. The van der Waals surface area contributed by atoms with Crippen LogP contribution in [0.3, 0.4) is 0 Å². The minimum Gasteiger partial charge on any atom is -0.393 e. The second-order valence-corrected chi connectivity index (χ2v) is 6.84. The van der Waals surface area contributed by atoms with Crippen LogP contribution in [-0.2, 0) is 17.8 Å². The molecule has 134 valence electrons. The van der Waals surface area contributed by atoms with Gasteiger partial charge >= 0.3 is 0 Å². The molecule has 2 heterocycles. The highest BCUT2D eigenvalue weighted by Crippen LogP contribution is 2.31. The summed E-state index contributed by atoms with van der Waals surface area (Å²) < 4.78 is 0. The summed E-state index contributed by atoms with van der Waals surface area (Å²) in [5.74, 6) is 0.164. The largest absolute Gasteiger partial charge is 0.393 e. The number of amides is 1. The Kier molecular flexibility index (Phi) is 4.62. The van der Waals surface area contributed by atoms with Crippen LogP contribution in [0.25, 0.3) is 11.0 Å². The van der Waals surface area contributed by atoms with Crippen molar-refractivity contribution in [1.29, 1.82) is 0 Å². The molecule has 1 fully saturated rings. The average Bonchev–Trinajstić information content (AvgIpc) is 3.01. The molecule has 0 unspecified atom stereocenters. The molecule has 2 aromatic heterocycles. The van der Waals surface area contributed by atoms with Gasteiger partial charge in [-0.1, -0.05) is 12.1 Å². The molecule has 1 aromatic carbocycles. The van der Waals surface area contributed by atoms with Gasteiger partial charge in [0.15, 0.2) is 0 Å². The van der Waals surface area contributed by atoms with Gasteiger partial charge in [-0.25, -0.2) is 0 Å². The zero-order valence-corrected chi connectivity index (χ0v) is 14.3. The van der Waals surface area contributed by atoms with Gasteiger partial charge in [-0.2, -0.15) is 15.0 Å². The predicted molar refractivity (Wildman–Crippen MR) is 96.1 cm³/mol. The van der Waals surface area contributed by atoms with Crippen LogP contribution in [0.2, 0.25) is 0 Å². The van der Waals surface area contributed by atoms with Crippen molar-refractivity contribution >= 4 is 16.9 Å². The first-order valence-corrected chi connectivity index (χ1v) is 8.83. The van der Waals surface area contributed by atoms with Crippen molar-refractivity contribution < 1.29 is 9.90 Å². The third kappa shape index (κ3) is 3.72. The molecule has 0 radical (unpaired) electrons. The zero-order chi connectivity index (χ0) is 17.9. The molecular weight excluding hydrogens is 330 g/mol. The first-order valence-electron chi connectivity index (χ1n) is 8.83. The number of nitrogens with one attached hydrogen (secondary N) is 1. The second-order valence-electron chi connectivity index (χ2n) is 6.84. The first-order chi connectivity index (χ1) is 12.7. The molecule has 1 aliphatic rings. The highest BCUT2D eigenvalue weighted by atomic mass is 16.3. The second kappa shape index (κ2) is 7.21. The van der Waals surface area contributed by atoms with E-state index in [1.54, 1.807) is 12.4 Å². The number of nitrogens with zero attached hydrogens (tertiary/aromatic N) is 4.